The Hall–Kier alpha value is -1.36. The van der Waals surface area contributed by atoms with Crippen LogP contribution < -0.4 is 5.73 Å². The highest BCUT2D eigenvalue weighted by Gasteiger charge is 2.23. The normalized spacial score (nSPS) is 19.4. The Labute approximate surface area is 94.2 Å². The molecule has 0 fully saturated rings. The minimum atomic E-state index is -0.782. The highest BCUT2D eigenvalue weighted by Crippen LogP contribution is 2.30. The van der Waals surface area contributed by atoms with E-state index in [-0.39, 0.29) is 6.42 Å². The van der Waals surface area contributed by atoms with E-state index in [9.17, 15) is 4.79 Å². The van der Waals surface area contributed by atoms with E-state index in [2.05, 4.69) is 5.10 Å². The van der Waals surface area contributed by atoms with Gasteiger partial charge in [0.05, 0.1) is 19.2 Å². The van der Waals surface area contributed by atoms with Gasteiger partial charge in [-0.05, 0) is 37.3 Å². The van der Waals surface area contributed by atoms with Gasteiger partial charge >= 0.3 is 5.97 Å². The summed E-state index contributed by atoms with van der Waals surface area (Å²) in [5, 5.41) is 12.9. The summed E-state index contributed by atoms with van der Waals surface area (Å²) >= 11 is 0. The summed E-state index contributed by atoms with van der Waals surface area (Å²) in [7, 11) is 0. The lowest BCUT2D eigenvalue weighted by molar-refractivity contribution is -0.137. The number of aromatic nitrogens is 2. The van der Waals surface area contributed by atoms with Crippen LogP contribution in [-0.4, -0.2) is 27.4 Å². The number of carboxylic acids is 1. The van der Waals surface area contributed by atoms with E-state index < -0.39 is 5.97 Å². The lowest BCUT2D eigenvalue weighted by Gasteiger charge is -2.21. The fourth-order valence-corrected chi connectivity index (χ4v) is 2.35. The van der Waals surface area contributed by atoms with Crippen LogP contribution >= 0.6 is 0 Å². The first-order valence-corrected chi connectivity index (χ1v) is 5.68. The van der Waals surface area contributed by atoms with Crippen molar-refractivity contribution in [2.24, 2.45) is 5.73 Å². The molecule has 1 unspecified atom stereocenters. The zero-order valence-electron chi connectivity index (χ0n) is 9.22. The summed E-state index contributed by atoms with van der Waals surface area (Å²) in [5.41, 5.74) is 8.12. The zero-order valence-corrected chi connectivity index (χ0v) is 9.22. The fourth-order valence-electron chi connectivity index (χ4n) is 2.35. The summed E-state index contributed by atoms with van der Waals surface area (Å²) in [6.45, 7) is 1.11. The van der Waals surface area contributed by atoms with Crippen LogP contribution in [0.2, 0.25) is 0 Å². The third-order valence-corrected chi connectivity index (χ3v) is 3.21. The molecule has 2 rings (SSSR count). The number of nitrogens with two attached hydrogens (primary N) is 1. The second-order valence-electron chi connectivity index (χ2n) is 4.24. The van der Waals surface area contributed by atoms with E-state index in [1.807, 2.05) is 10.9 Å². The second kappa shape index (κ2) is 4.65. The van der Waals surface area contributed by atoms with E-state index in [1.54, 1.807) is 0 Å². The predicted molar refractivity (Wildman–Crippen MR) is 59.2 cm³/mol. The monoisotopic (exact) mass is 223 g/mol. The first-order chi connectivity index (χ1) is 7.72. The van der Waals surface area contributed by atoms with Crippen molar-refractivity contribution >= 4 is 5.97 Å². The average molecular weight is 223 g/mol. The second-order valence-corrected chi connectivity index (χ2v) is 4.24. The maximum atomic E-state index is 10.5. The largest absolute Gasteiger partial charge is 0.481 e. The molecule has 0 radical (unpaired) electrons. The molecule has 1 heterocycles. The number of carboxylic acid groups (broad SMARTS) is 1. The van der Waals surface area contributed by atoms with Gasteiger partial charge in [0.15, 0.2) is 0 Å². The quantitative estimate of drug-likeness (QED) is 0.788. The SMILES string of the molecule is NCC1CCCc2c1cnn2CCC(=O)O. The van der Waals surface area contributed by atoms with Crippen molar-refractivity contribution in [2.75, 3.05) is 6.54 Å². The van der Waals surface area contributed by atoms with Gasteiger partial charge in [0, 0.05) is 5.69 Å². The van der Waals surface area contributed by atoms with E-state index >= 15 is 0 Å². The zero-order chi connectivity index (χ0) is 11.5. The smallest absolute Gasteiger partial charge is 0.305 e. The van der Waals surface area contributed by atoms with Crippen molar-refractivity contribution < 1.29 is 9.90 Å². The van der Waals surface area contributed by atoms with Gasteiger partial charge in [-0.3, -0.25) is 9.48 Å². The highest BCUT2D eigenvalue weighted by atomic mass is 16.4. The molecule has 1 aliphatic carbocycles. The van der Waals surface area contributed by atoms with Crippen LogP contribution in [0.15, 0.2) is 6.20 Å². The van der Waals surface area contributed by atoms with Gasteiger partial charge in [0.1, 0.15) is 0 Å². The summed E-state index contributed by atoms with van der Waals surface area (Å²) in [5.74, 6) is -0.377. The molecule has 0 amide bonds. The molecule has 1 aromatic heterocycles. The standard InChI is InChI=1S/C11H17N3O2/c12-6-8-2-1-3-10-9(8)7-13-14(10)5-4-11(15)16/h7-8H,1-6,12H2,(H,15,16). The molecule has 0 bridgehead atoms. The molecule has 0 aliphatic heterocycles. The van der Waals surface area contributed by atoms with Crippen molar-refractivity contribution in [1.82, 2.24) is 9.78 Å². The van der Waals surface area contributed by atoms with Crippen molar-refractivity contribution in [3.8, 4) is 0 Å². The average Bonchev–Trinajstić information content (AvgIpc) is 2.69. The molecule has 3 N–H and O–H groups in total. The first-order valence-electron chi connectivity index (χ1n) is 5.68. The van der Waals surface area contributed by atoms with Crippen molar-refractivity contribution in [3.63, 3.8) is 0 Å². The van der Waals surface area contributed by atoms with Gasteiger partial charge in [-0.15, -0.1) is 0 Å². The van der Waals surface area contributed by atoms with E-state index in [0.29, 0.717) is 19.0 Å². The van der Waals surface area contributed by atoms with Gasteiger partial charge < -0.3 is 10.8 Å². The molecule has 0 saturated heterocycles. The molecule has 5 heteroatoms. The highest BCUT2D eigenvalue weighted by molar-refractivity contribution is 5.66. The number of fused-ring (bicyclic) bond motifs is 1. The van der Waals surface area contributed by atoms with Crippen LogP contribution in [0.25, 0.3) is 0 Å². The number of aliphatic carboxylic acids is 1. The lowest BCUT2D eigenvalue weighted by atomic mass is 9.87. The minimum Gasteiger partial charge on any atom is -0.481 e. The van der Waals surface area contributed by atoms with Crippen LogP contribution in [-0.2, 0) is 17.8 Å². The predicted octanol–water partition coefficient (Wildman–Crippen LogP) is 0.736. The van der Waals surface area contributed by atoms with Gasteiger partial charge in [-0.25, -0.2) is 0 Å². The van der Waals surface area contributed by atoms with E-state index in [1.165, 1.54) is 11.3 Å². The number of rotatable bonds is 4. The van der Waals surface area contributed by atoms with Crippen molar-refractivity contribution in [1.29, 1.82) is 0 Å². The van der Waals surface area contributed by atoms with Crippen LogP contribution in [0.4, 0.5) is 0 Å². The Bertz CT molecular complexity index is 387. The molecule has 16 heavy (non-hydrogen) atoms. The summed E-state index contributed by atoms with van der Waals surface area (Å²) < 4.78 is 1.82. The molecular formula is C11H17N3O2. The third kappa shape index (κ3) is 2.09. The molecule has 1 aromatic rings. The summed E-state index contributed by atoms with van der Waals surface area (Å²) in [4.78, 5) is 10.5. The Kier molecular flexibility index (Phi) is 3.24. The lowest BCUT2D eigenvalue weighted by Crippen LogP contribution is -2.19. The molecule has 88 valence electrons. The van der Waals surface area contributed by atoms with Crippen LogP contribution in [0.5, 0.6) is 0 Å². The summed E-state index contributed by atoms with van der Waals surface area (Å²) in [6.07, 6.45) is 5.21. The van der Waals surface area contributed by atoms with E-state index in [0.717, 1.165) is 19.3 Å². The maximum absolute atomic E-state index is 10.5. The van der Waals surface area contributed by atoms with Crippen LogP contribution in [0.3, 0.4) is 0 Å². The van der Waals surface area contributed by atoms with Gasteiger partial charge in [0.25, 0.3) is 0 Å². The minimum absolute atomic E-state index is 0.126. The molecule has 0 saturated carbocycles. The fraction of sp³-hybridized carbons (Fsp3) is 0.636. The Morgan fingerprint density at radius 3 is 3.19 bits per heavy atom. The number of aryl methyl sites for hydroxylation is 1. The van der Waals surface area contributed by atoms with Crippen LogP contribution in [0, 0.1) is 0 Å². The number of carbonyl (C=O) groups is 1. The van der Waals surface area contributed by atoms with Gasteiger partial charge in [-0.1, -0.05) is 0 Å². The summed E-state index contributed by atoms with van der Waals surface area (Å²) in [6, 6.07) is 0. The topological polar surface area (TPSA) is 81.1 Å². The van der Waals surface area contributed by atoms with Crippen molar-refractivity contribution in [2.45, 2.75) is 38.1 Å². The molecular weight excluding hydrogens is 206 g/mol. The Morgan fingerprint density at radius 1 is 1.69 bits per heavy atom. The van der Waals surface area contributed by atoms with Gasteiger partial charge in [-0.2, -0.15) is 5.10 Å². The molecule has 1 atom stereocenters. The number of hydrogen-bond acceptors (Lipinski definition) is 3. The van der Waals surface area contributed by atoms with Crippen molar-refractivity contribution in [3.05, 3.63) is 17.5 Å². The molecule has 0 spiro atoms. The number of nitrogens with zero attached hydrogens (tertiary/aromatic N) is 2. The van der Waals surface area contributed by atoms with Crippen LogP contribution in [0.1, 0.15) is 36.4 Å². The Morgan fingerprint density at radius 2 is 2.50 bits per heavy atom. The first kappa shape index (κ1) is 11.1. The van der Waals surface area contributed by atoms with Gasteiger partial charge in [0.2, 0.25) is 0 Å². The molecule has 5 nitrogen and oxygen atoms in total. The number of hydrogen-bond donors (Lipinski definition) is 2. The third-order valence-electron chi connectivity index (χ3n) is 3.21. The van der Waals surface area contributed by atoms with E-state index in [4.69, 9.17) is 10.8 Å². The molecule has 1 aliphatic rings. The maximum Gasteiger partial charge on any atom is 0.305 e. The Balaban J connectivity index is 2.16. The molecule has 0 aromatic carbocycles.